The zero-order valence-corrected chi connectivity index (χ0v) is 9.49. The Morgan fingerprint density at radius 2 is 1.93 bits per heavy atom. The highest BCUT2D eigenvalue weighted by molar-refractivity contribution is 5.84. The summed E-state index contributed by atoms with van der Waals surface area (Å²) >= 11 is 0. The zero-order valence-electron chi connectivity index (χ0n) is 9.49. The van der Waals surface area contributed by atoms with E-state index in [1.165, 1.54) is 5.56 Å². The molecule has 0 bridgehead atoms. The van der Waals surface area contributed by atoms with Crippen LogP contribution in [-0.2, 0) is 11.2 Å². The quantitative estimate of drug-likeness (QED) is 0.771. The second-order valence-corrected chi connectivity index (χ2v) is 3.62. The molecule has 0 unspecified atom stereocenters. The SMILES string of the molecule is CCN[C@H](Cc1ccccc1)C(=O)CC. The molecule has 15 heavy (non-hydrogen) atoms. The van der Waals surface area contributed by atoms with E-state index in [9.17, 15) is 4.79 Å². The summed E-state index contributed by atoms with van der Waals surface area (Å²) in [7, 11) is 0. The van der Waals surface area contributed by atoms with Crippen LogP contribution in [-0.4, -0.2) is 18.4 Å². The van der Waals surface area contributed by atoms with Crippen LogP contribution >= 0.6 is 0 Å². The van der Waals surface area contributed by atoms with Crippen molar-refractivity contribution in [2.24, 2.45) is 0 Å². The molecular formula is C13H19NO. The molecule has 1 rings (SSSR count). The van der Waals surface area contributed by atoms with Gasteiger partial charge in [0, 0.05) is 6.42 Å². The third kappa shape index (κ3) is 3.84. The Bertz CT molecular complexity index is 295. The van der Waals surface area contributed by atoms with Gasteiger partial charge < -0.3 is 5.32 Å². The number of Topliss-reactive ketones (excluding diaryl/α,β-unsaturated/α-hetero) is 1. The number of nitrogens with one attached hydrogen (secondary N) is 1. The van der Waals surface area contributed by atoms with Gasteiger partial charge in [-0.25, -0.2) is 0 Å². The van der Waals surface area contributed by atoms with Gasteiger partial charge in [-0.1, -0.05) is 44.2 Å². The first-order valence-corrected chi connectivity index (χ1v) is 5.58. The number of rotatable bonds is 6. The summed E-state index contributed by atoms with van der Waals surface area (Å²) in [6, 6.07) is 10.1. The van der Waals surface area contributed by atoms with E-state index >= 15 is 0 Å². The number of carbonyl (C=O) groups excluding carboxylic acids is 1. The molecule has 0 aliphatic rings. The predicted molar refractivity (Wildman–Crippen MR) is 62.9 cm³/mol. The molecule has 1 aromatic carbocycles. The van der Waals surface area contributed by atoms with E-state index in [0.29, 0.717) is 12.2 Å². The lowest BCUT2D eigenvalue weighted by molar-refractivity contribution is -0.120. The highest BCUT2D eigenvalue weighted by Crippen LogP contribution is 2.05. The minimum atomic E-state index is -0.0256. The smallest absolute Gasteiger partial charge is 0.149 e. The summed E-state index contributed by atoms with van der Waals surface area (Å²) in [4.78, 5) is 11.6. The molecule has 0 amide bonds. The van der Waals surface area contributed by atoms with Gasteiger partial charge in [0.05, 0.1) is 6.04 Å². The Morgan fingerprint density at radius 3 is 2.47 bits per heavy atom. The van der Waals surface area contributed by atoms with Crippen molar-refractivity contribution in [2.75, 3.05) is 6.54 Å². The molecular weight excluding hydrogens is 186 g/mol. The van der Waals surface area contributed by atoms with Crippen molar-refractivity contribution in [1.82, 2.24) is 5.32 Å². The molecule has 0 radical (unpaired) electrons. The molecule has 82 valence electrons. The Morgan fingerprint density at radius 1 is 1.27 bits per heavy atom. The minimum absolute atomic E-state index is 0.0256. The molecule has 0 saturated heterocycles. The number of carbonyl (C=O) groups is 1. The fraction of sp³-hybridized carbons (Fsp3) is 0.462. The third-order valence-corrected chi connectivity index (χ3v) is 2.47. The molecule has 0 aliphatic carbocycles. The normalized spacial score (nSPS) is 12.4. The summed E-state index contributed by atoms with van der Waals surface area (Å²) in [6.45, 7) is 4.78. The monoisotopic (exact) mass is 205 g/mol. The van der Waals surface area contributed by atoms with Crippen LogP contribution in [0.25, 0.3) is 0 Å². The molecule has 2 heteroatoms. The molecule has 1 N–H and O–H groups in total. The van der Waals surface area contributed by atoms with E-state index in [1.54, 1.807) is 0 Å². The van der Waals surface area contributed by atoms with Crippen LogP contribution in [0.3, 0.4) is 0 Å². The number of likely N-dealkylation sites (N-methyl/N-ethyl adjacent to an activating group) is 1. The number of ketones is 1. The number of hydrogen-bond donors (Lipinski definition) is 1. The van der Waals surface area contributed by atoms with Gasteiger partial charge in [0.2, 0.25) is 0 Å². The predicted octanol–water partition coefficient (Wildman–Crippen LogP) is 2.19. The van der Waals surface area contributed by atoms with E-state index in [2.05, 4.69) is 17.4 Å². The summed E-state index contributed by atoms with van der Waals surface area (Å²) < 4.78 is 0. The van der Waals surface area contributed by atoms with Crippen molar-refractivity contribution >= 4 is 5.78 Å². The first-order valence-electron chi connectivity index (χ1n) is 5.58. The lowest BCUT2D eigenvalue weighted by Crippen LogP contribution is -2.38. The van der Waals surface area contributed by atoms with E-state index in [1.807, 2.05) is 32.0 Å². The van der Waals surface area contributed by atoms with E-state index in [0.717, 1.165) is 13.0 Å². The molecule has 0 heterocycles. The van der Waals surface area contributed by atoms with Gasteiger partial charge in [0.1, 0.15) is 5.78 Å². The van der Waals surface area contributed by atoms with E-state index < -0.39 is 0 Å². The van der Waals surface area contributed by atoms with Gasteiger partial charge in [0.15, 0.2) is 0 Å². The Balaban J connectivity index is 2.62. The summed E-state index contributed by atoms with van der Waals surface area (Å²) in [5.74, 6) is 0.292. The highest BCUT2D eigenvalue weighted by Gasteiger charge is 2.15. The molecule has 0 spiro atoms. The Kier molecular flexibility index (Phi) is 5.05. The van der Waals surface area contributed by atoms with Gasteiger partial charge in [-0.05, 0) is 18.5 Å². The molecule has 2 nitrogen and oxygen atoms in total. The minimum Gasteiger partial charge on any atom is -0.307 e. The van der Waals surface area contributed by atoms with Crippen LogP contribution in [0.4, 0.5) is 0 Å². The van der Waals surface area contributed by atoms with Gasteiger partial charge >= 0.3 is 0 Å². The summed E-state index contributed by atoms with van der Waals surface area (Å²) in [5.41, 5.74) is 1.21. The van der Waals surface area contributed by atoms with E-state index in [-0.39, 0.29) is 6.04 Å². The average molecular weight is 205 g/mol. The highest BCUT2D eigenvalue weighted by atomic mass is 16.1. The fourth-order valence-corrected chi connectivity index (χ4v) is 1.64. The first kappa shape index (κ1) is 11.9. The van der Waals surface area contributed by atoms with Gasteiger partial charge in [-0.2, -0.15) is 0 Å². The van der Waals surface area contributed by atoms with Crippen LogP contribution in [0.5, 0.6) is 0 Å². The van der Waals surface area contributed by atoms with Crippen molar-refractivity contribution in [2.45, 2.75) is 32.7 Å². The molecule has 0 aromatic heterocycles. The van der Waals surface area contributed by atoms with Crippen molar-refractivity contribution in [3.8, 4) is 0 Å². The molecule has 0 aliphatic heterocycles. The average Bonchev–Trinajstić information content (AvgIpc) is 2.29. The van der Waals surface area contributed by atoms with Crippen LogP contribution < -0.4 is 5.32 Å². The maximum absolute atomic E-state index is 11.6. The summed E-state index contributed by atoms with van der Waals surface area (Å²) in [6.07, 6.45) is 1.39. The second kappa shape index (κ2) is 6.36. The molecule has 0 saturated carbocycles. The van der Waals surface area contributed by atoms with Gasteiger partial charge in [0.25, 0.3) is 0 Å². The Labute approximate surface area is 91.7 Å². The van der Waals surface area contributed by atoms with Crippen LogP contribution in [0, 0.1) is 0 Å². The maximum atomic E-state index is 11.6. The third-order valence-electron chi connectivity index (χ3n) is 2.47. The van der Waals surface area contributed by atoms with Crippen molar-refractivity contribution < 1.29 is 4.79 Å². The lowest BCUT2D eigenvalue weighted by Gasteiger charge is -2.15. The number of hydrogen-bond acceptors (Lipinski definition) is 2. The number of benzene rings is 1. The first-order chi connectivity index (χ1) is 7.27. The van der Waals surface area contributed by atoms with Crippen molar-refractivity contribution in [1.29, 1.82) is 0 Å². The fourth-order valence-electron chi connectivity index (χ4n) is 1.64. The molecule has 1 atom stereocenters. The second-order valence-electron chi connectivity index (χ2n) is 3.62. The van der Waals surface area contributed by atoms with Gasteiger partial charge in [-0.15, -0.1) is 0 Å². The summed E-state index contributed by atoms with van der Waals surface area (Å²) in [5, 5.41) is 3.23. The van der Waals surface area contributed by atoms with E-state index in [4.69, 9.17) is 0 Å². The molecule has 1 aromatic rings. The lowest BCUT2D eigenvalue weighted by atomic mass is 10.0. The standard InChI is InChI=1S/C13H19NO/c1-3-13(15)12(14-4-2)10-11-8-6-5-7-9-11/h5-9,12,14H,3-4,10H2,1-2H3/t12-/m1/s1. The topological polar surface area (TPSA) is 29.1 Å². The van der Waals surface area contributed by atoms with Crippen molar-refractivity contribution in [3.63, 3.8) is 0 Å². The largest absolute Gasteiger partial charge is 0.307 e. The van der Waals surface area contributed by atoms with Crippen LogP contribution in [0.15, 0.2) is 30.3 Å². The zero-order chi connectivity index (χ0) is 11.1. The maximum Gasteiger partial charge on any atom is 0.149 e. The Hall–Kier alpha value is -1.15. The van der Waals surface area contributed by atoms with Crippen LogP contribution in [0.2, 0.25) is 0 Å². The molecule has 0 fully saturated rings. The van der Waals surface area contributed by atoms with Gasteiger partial charge in [-0.3, -0.25) is 4.79 Å². The van der Waals surface area contributed by atoms with Crippen molar-refractivity contribution in [3.05, 3.63) is 35.9 Å². The van der Waals surface area contributed by atoms with Crippen LogP contribution in [0.1, 0.15) is 25.8 Å².